The molecule has 0 fully saturated rings. The van der Waals surface area contributed by atoms with Crippen molar-refractivity contribution in [2.45, 2.75) is 64.6 Å². The number of ether oxygens (including phenoxy) is 1. The van der Waals surface area contributed by atoms with Crippen molar-refractivity contribution < 1.29 is 4.74 Å². The largest absolute Gasteiger partial charge is 0.357 e. The van der Waals surface area contributed by atoms with Gasteiger partial charge in [0, 0.05) is 0 Å². The molecule has 0 amide bonds. The van der Waals surface area contributed by atoms with E-state index in [1.54, 1.807) is 0 Å². The molecular weight excluding hydrogens is 376 g/mol. The van der Waals surface area contributed by atoms with Gasteiger partial charge in [-0.2, -0.15) is 0 Å². The highest BCUT2D eigenvalue weighted by Gasteiger charge is 2.19. The first-order valence-electron chi connectivity index (χ1n) is 11.7. The maximum Gasteiger partial charge on any atom is 0.102 e. The van der Waals surface area contributed by atoms with Gasteiger partial charge in [0.05, 0.1) is 0 Å². The van der Waals surface area contributed by atoms with Crippen molar-refractivity contribution in [3.05, 3.63) is 118 Å². The highest BCUT2D eigenvalue weighted by Crippen LogP contribution is 2.34. The monoisotopic (exact) mass is 410 g/mol. The Morgan fingerprint density at radius 3 is 1.42 bits per heavy atom. The third-order valence-electron chi connectivity index (χ3n) is 6.22. The van der Waals surface area contributed by atoms with Crippen molar-refractivity contribution in [2.75, 3.05) is 0 Å². The molecule has 2 aliphatic rings. The molecule has 0 heterocycles. The Bertz CT molecular complexity index is 894. The molecule has 2 aromatic rings. The molecule has 0 N–H and O–H groups in total. The Morgan fingerprint density at radius 2 is 1.03 bits per heavy atom. The van der Waals surface area contributed by atoms with Crippen molar-refractivity contribution in [1.29, 1.82) is 0 Å². The zero-order valence-electron chi connectivity index (χ0n) is 18.9. The van der Waals surface area contributed by atoms with Crippen molar-refractivity contribution in [3.8, 4) is 0 Å². The van der Waals surface area contributed by atoms with Crippen LogP contribution >= 0.6 is 0 Å². The van der Waals surface area contributed by atoms with Crippen molar-refractivity contribution in [3.63, 3.8) is 0 Å². The molecule has 2 aromatic carbocycles. The Morgan fingerprint density at radius 1 is 0.613 bits per heavy atom. The summed E-state index contributed by atoms with van der Waals surface area (Å²) in [7, 11) is 0. The van der Waals surface area contributed by atoms with Crippen molar-refractivity contribution in [2.24, 2.45) is 0 Å². The van der Waals surface area contributed by atoms with Crippen LogP contribution in [0.2, 0.25) is 0 Å². The third-order valence-corrected chi connectivity index (χ3v) is 6.22. The quantitative estimate of drug-likeness (QED) is 0.463. The summed E-state index contributed by atoms with van der Waals surface area (Å²) in [6.07, 6.45) is 16.4. The first-order valence-corrected chi connectivity index (χ1v) is 11.7. The zero-order valence-corrected chi connectivity index (χ0v) is 18.9. The molecule has 0 aromatic heterocycles. The molecule has 0 spiro atoms. The highest BCUT2D eigenvalue weighted by molar-refractivity contribution is 5.33. The number of allylic oxidation sites excluding steroid dienone is 6. The van der Waals surface area contributed by atoms with Gasteiger partial charge in [0.2, 0.25) is 0 Å². The lowest BCUT2D eigenvalue weighted by molar-refractivity contribution is 0.0390. The Labute approximate surface area is 187 Å². The van der Waals surface area contributed by atoms with Crippen LogP contribution in [0.15, 0.2) is 107 Å². The molecule has 31 heavy (non-hydrogen) atoms. The van der Waals surface area contributed by atoms with Gasteiger partial charge < -0.3 is 4.74 Å². The Hall–Kier alpha value is -2.64. The molecular formula is C30H34O. The van der Waals surface area contributed by atoms with Crippen LogP contribution in [0.3, 0.4) is 0 Å². The normalized spacial score (nSPS) is 21.5. The number of hydrogen-bond acceptors (Lipinski definition) is 1. The molecule has 2 atom stereocenters. The van der Waals surface area contributed by atoms with E-state index < -0.39 is 0 Å². The average molecular weight is 411 g/mol. The van der Waals surface area contributed by atoms with Crippen molar-refractivity contribution in [1.82, 2.24) is 0 Å². The summed E-state index contributed by atoms with van der Waals surface area (Å²) >= 11 is 0. The molecule has 2 aliphatic carbocycles. The highest BCUT2D eigenvalue weighted by atomic mass is 16.5. The fraction of sp³-hybridized carbons (Fsp3) is 0.333. The lowest BCUT2D eigenvalue weighted by Crippen LogP contribution is -2.10. The average Bonchev–Trinajstić information content (AvgIpc) is 2.79. The minimum absolute atomic E-state index is 0.0749. The summed E-state index contributed by atoms with van der Waals surface area (Å²) in [5, 5.41) is 0. The maximum atomic E-state index is 6.89. The minimum Gasteiger partial charge on any atom is -0.357 e. The molecule has 1 nitrogen and oxygen atoms in total. The predicted molar refractivity (Wildman–Crippen MR) is 131 cm³/mol. The van der Waals surface area contributed by atoms with Crippen LogP contribution in [0.4, 0.5) is 0 Å². The van der Waals surface area contributed by atoms with Gasteiger partial charge in [-0.05, 0) is 86.8 Å². The van der Waals surface area contributed by atoms with Gasteiger partial charge in [-0.3, -0.25) is 0 Å². The molecule has 1 heteroatoms. The van der Waals surface area contributed by atoms with Crippen LogP contribution in [0.1, 0.15) is 75.7 Å². The van der Waals surface area contributed by atoms with E-state index in [2.05, 4.69) is 98.8 Å². The van der Waals surface area contributed by atoms with E-state index in [-0.39, 0.29) is 12.2 Å². The molecule has 0 aliphatic heterocycles. The molecule has 160 valence electrons. The number of benzene rings is 2. The summed E-state index contributed by atoms with van der Waals surface area (Å²) < 4.78 is 6.89. The van der Waals surface area contributed by atoms with Gasteiger partial charge in [0.1, 0.15) is 12.2 Å². The maximum absolute atomic E-state index is 6.89. The lowest BCUT2D eigenvalue weighted by Gasteiger charge is -2.25. The first-order chi connectivity index (χ1) is 15.2. The van der Waals surface area contributed by atoms with Crippen LogP contribution in [0.25, 0.3) is 0 Å². The number of rotatable bonds is 6. The van der Waals surface area contributed by atoms with Crippen LogP contribution in [-0.4, -0.2) is 0 Å². The molecule has 0 saturated carbocycles. The summed E-state index contributed by atoms with van der Waals surface area (Å²) in [6, 6.07) is 21.3. The summed E-state index contributed by atoms with van der Waals surface area (Å²) in [5.41, 5.74) is 8.14. The SMILES string of the molecule is CC1=CC(=CC(OC(C=C2C=C(C)CCC2)c2ccccc2)c2ccccc2)CCC1. The summed E-state index contributed by atoms with van der Waals surface area (Å²) in [4.78, 5) is 0. The second-order valence-electron chi connectivity index (χ2n) is 8.97. The zero-order chi connectivity index (χ0) is 21.5. The topological polar surface area (TPSA) is 9.23 Å². The van der Waals surface area contributed by atoms with E-state index in [4.69, 9.17) is 4.74 Å². The predicted octanol–water partition coefficient (Wildman–Crippen LogP) is 8.60. The summed E-state index contributed by atoms with van der Waals surface area (Å²) in [6.45, 7) is 4.47. The van der Waals surface area contributed by atoms with E-state index in [9.17, 15) is 0 Å². The van der Waals surface area contributed by atoms with Gasteiger partial charge in [0.15, 0.2) is 0 Å². The number of hydrogen-bond donors (Lipinski definition) is 0. The molecule has 0 saturated heterocycles. The van der Waals surface area contributed by atoms with Gasteiger partial charge in [0.25, 0.3) is 0 Å². The second-order valence-corrected chi connectivity index (χ2v) is 8.97. The van der Waals surface area contributed by atoms with Crippen molar-refractivity contribution >= 4 is 0 Å². The third kappa shape index (κ3) is 6.18. The van der Waals surface area contributed by atoms with E-state index in [1.165, 1.54) is 59.1 Å². The molecule has 0 radical (unpaired) electrons. The Balaban J connectivity index is 1.70. The molecule has 0 bridgehead atoms. The van der Waals surface area contributed by atoms with E-state index in [0.717, 1.165) is 12.8 Å². The van der Waals surface area contributed by atoms with Crippen LogP contribution in [-0.2, 0) is 4.74 Å². The summed E-state index contributed by atoms with van der Waals surface area (Å²) in [5.74, 6) is 0. The Kier molecular flexibility index (Phi) is 7.38. The van der Waals surface area contributed by atoms with E-state index in [0.29, 0.717) is 0 Å². The minimum atomic E-state index is -0.0749. The van der Waals surface area contributed by atoms with Gasteiger partial charge in [-0.1, -0.05) is 84.0 Å². The van der Waals surface area contributed by atoms with Crippen LogP contribution in [0.5, 0.6) is 0 Å². The fourth-order valence-electron chi connectivity index (χ4n) is 4.59. The van der Waals surface area contributed by atoms with Crippen LogP contribution < -0.4 is 0 Å². The lowest BCUT2D eigenvalue weighted by atomic mass is 9.93. The van der Waals surface area contributed by atoms with E-state index >= 15 is 0 Å². The first kappa shape index (κ1) is 21.6. The smallest absolute Gasteiger partial charge is 0.102 e. The fourth-order valence-corrected chi connectivity index (χ4v) is 4.59. The van der Waals surface area contributed by atoms with Gasteiger partial charge in [-0.15, -0.1) is 0 Å². The molecule has 2 unspecified atom stereocenters. The standard InChI is InChI=1S/C30H34O/c1-23-11-9-13-25(19-23)21-29(27-15-5-3-6-16-27)31-30(28-17-7-4-8-18-28)22-26-14-10-12-24(2)20-26/h3-8,15-22,29-30H,9-14H2,1-2H3. The second kappa shape index (κ2) is 10.6. The molecule has 4 rings (SSSR count). The van der Waals surface area contributed by atoms with Crippen LogP contribution in [0, 0.1) is 0 Å². The van der Waals surface area contributed by atoms with E-state index in [1.807, 2.05) is 0 Å². The van der Waals surface area contributed by atoms with Gasteiger partial charge in [-0.25, -0.2) is 0 Å². The van der Waals surface area contributed by atoms with Gasteiger partial charge >= 0.3 is 0 Å².